The lowest BCUT2D eigenvalue weighted by Crippen LogP contribution is -2.29. The van der Waals surface area contributed by atoms with Crippen molar-refractivity contribution in [2.75, 3.05) is 0 Å². The van der Waals surface area contributed by atoms with Gasteiger partial charge in [-0.3, -0.25) is 0 Å². The third kappa shape index (κ3) is 2.46. The van der Waals surface area contributed by atoms with Gasteiger partial charge in [0, 0.05) is 16.6 Å². The van der Waals surface area contributed by atoms with E-state index in [-0.39, 0.29) is 12.1 Å². The Balaban J connectivity index is 2.46. The number of nitrogens with two attached hydrogens (primary N) is 1. The first-order chi connectivity index (χ1) is 8.00. The molecule has 2 aromatic rings. The van der Waals surface area contributed by atoms with Gasteiger partial charge in [0.1, 0.15) is 0 Å². The monoisotopic (exact) mass is 313 g/mol. The van der Waals surface area contributed by atoms with Crippen LogP contribution in [0.5, 0.6) is 0 Å². The second kappa shape index (κ2) is 4.92. The van der Waals surface area contributed by atoms with E-state index in [1.165, 1.54) is 10.6 Å². The number of hydrogen-bond acceptors (Lipinski definition) is 3. The number of rotatable bonds is 3. The number of aromatic nitrogens is 2. The van der Waals surface area contributed by atoms with E-state index in [1.807, 2.05) is 20.2 Å². The number of hydrogen-bond donors (Lipinski definition) is 1. The van der Waals surface area contributed by atoms with Gasteiger partial charge in [-0.15, -0.1) is 11.3 Å². The van der Waals surface area contributed by atoms with E-state index in [4.69, 9.17) is 5.73 Å². The lowest BCUT2D eigenvalue weighted by Gasteiger charge is -2.22. The van der Waals surface area contributed by atoms with Crippen LogP contribution < -0.4 is 5.73 Å². The van der Waals surface area contributed by atoms with Crippen molar-refractivity contribution in [3.8, 4) is 0 Å². The van der Waals surface area contributed by atoms with Gasteiger partial charge in [-0.05, 0) is 48.8 Å². The molecular formula is C12H16BrN3S. The Morgan fingerprint density at radius 2 is 2.12 bits per heavy atom. The third-order valence-electron chi connectivity index (χ3n) is 2.97. The van der Waals surface area contributed by atoms with Gasteiger partial charge in [0.2, 0.25) is 0 Å². The summed E-state index contributed by atoms with van der Waals surface area (Å²) in [7, 11) is 0. The lowest BCUT2D eigenvalue weighted by molar-refractivity contribution is 0.495. The highest BCUT2D eigenvalue weighted by atomic mass is 79.9. The Bertz CT molecular complexity index is 516. The minimum absolute atomic E-state index is 0.0489. The molecule has 0 radical (unpaired) electrons. The number of halogens is 1. The molecule has 2 heterocycles. The SMILES string of the molecule is Cc1ncn(C(c2ccc(Br)s2)C(C)N)c1C. The molecule has 2 rings (SSSR count). The van der Waals surface area contributed by atoms with Crippen molar-refractivity contribution < 1.29 is 0 Å². The van der Waals surface area contributed by atoms with Crippen LogP contribution in [-0.4, -0.2) is 15.6 Å². The average Bonchev–Trinajstić information content (AvgIpc) is 2.80. The molecule has 0 saturated heterocycles. The van der Waals surface area contributed by atoms with E-state index >= 15 is 0 Å². The Morgan fingerprint density at radius 1 is 1.41 bits per heavy atom. The molecule has 0 fully saturated rings. The van der Waals surface area contributed by atoms with Crippen molar-refractivity contribution in [3.63, 3.8) is 0 Å². The molecule has 2 aromatic heterocycles. The molecule has 2 unspecified atom stereocenters. The van der Waals surface area contributed by atoms with Crippen LogP contribution in [0.15, 0.2) is 22.2 Å². The summed E-state index contributed by atoms with van der Waals surface area (Å²) in [6.07, 6.45) is 1.88. The van der Waals surface area contributed by atoms with Gasteiger partial charge in [0.25, 0.3) is 0 Å². The summed E-state index contributed by atoms with van der Waals surface area (Å²) in [4.78, 5) is 5.61. The summed E-state index contributed by atoms with van der Waals surface area (Å²) in [5.74, 6) is 0. The second-order valence-electron chi connectivity index (χ2n) is 4.27. The predicted octanol–water partition coefficient (Wildman–Crippen LogP) is 3.26. The highest BCUT2D eigenvalue weighted by Gasteiger charge is 2.22. The van der Waals surface area contributed by atoms with Crippen LogP contribution in [0.4, 0.5) is 0 Å². The normalized spacial score (nSPS) is 14.9. The molecular weight excluding hydrogens is 298 g/mol. The van der Waals surface area contributed by atoms with E-state index in [1.54, 1.807) is 11.3 Å². The number of nitrogens with zero attached hydrogens (tertiary/aromatic N) is 2. The van der Waals surface area contributed by atoms with Crippen LogP contribution in [-0.2, 0) is 0 Å². The van der Waals surface area contributed by atoms with Crippen LogP contribution in [0.3, 0.4) is 0 Å². The third-order valence-corrected chi connectivity index (χ3v) is 4.66. The van der Waals surface area contributed by atoms with Gasteiger partial charge < -0.3 is 10.3 Å². The van der Waals surface area contributed by atoms with Crippen LogP contribution in [0, 0.1) is 13.8 Å². The summed E-state index contributed by atoms with van der Waals surface area (Å²) < 4.78 is 3.30. The molecule has 0 aliphatic carbocycles. The summed E-state index contributed by atoms with van der Waals surface area (Å²) >= 11 is 5.22. The van der Waals surface area contributed by atoms with E-state index < -0.39 is 0 Å². The minimum atomic E-state index is 0.0489. The first-order valence-corrected chi connectivity index (χ1v) is 7.12. The van der Waals surface area contributed by atoms with Gasteiger partial charge in [0.15, 0.2) is 0 Å². The number of imidazole rings is 1. The van der Waals surface area contributed by atoms with Crippen molar-refractivity contribution in [2.45, 2.75) is 32.9 Å². The second-order valence-corrected chi connectivity index (χ2v) is 6.76. The van der Waals surface area contributed by atoms with Crippen LogP contribution in [0.25, 0.3) is 0 Å². The minimum Gasteiger partial charge on any atom is -0.326 e. The van der Waals surface area contributed by atoms with Crippen molar-refractivity contribution in [3.05, 3.63) is 38.5 Å². The molecule has 17 heavy (non-hydrogen) atoms. The molecule has 2 atom stereocenters. The molecule has 0 amide bonds. The summed E-state index contributed by atoms with van der Waals surface area (Å²) in [6, 6.07) is 4.40. The maximum atomic E-state index is 6.13. The van der Waals surface area contributed by atoms with Crippen LogP contribution in [0.2, 0.25) is 0 Å². The fourth-order valence-electron chi connectivity index (χ4n) is 1.93. The molecule has 92 valence electrons. The fraction of sp³-hybridized carbons (Fsp3) is 0.417. The molecule has 2 N–H and O–H groups in total. The standard InChI is InChI=1S/C12H16BrN3S/c1-7(14)12(10-4-5-11(13)17-10)16-6-15-8(2)9(16)3/h4-7,12H,14H2,1-3H3. The molecule has 5 heteroatoms. The summed E-state index contributed by atoms with van der Waals surface area (Å²) in [5.41, 5.74) is 8.37. The molecule has 0 saturated carbocycles. The highest BCUT2D eigenvalue weighted by molar-refractivity contribution is 9.11. The van der Waals surface area contributed by atoms with E-state index in [2.05, 4.69) is 44.5 Å². The molecule has 0 aromatic carbocycles. The van der Waals surface area contributed by atoms with Gasteiger partial charge in [-0.2, -0.15) is 0 Å². The number of thiophene rings is 1. The summed E-state index contributed by atoms with van der Waals surface area (Å²) in [6.45, 7) is 6.14. The van der Waals surface area contributed by atoms with E-state index in [9.17, 15) is 0 Å². The summed E-state index contributed by atoms with van der Waals surface area (Å²) in [5, 5.41) is 0. The quantitative estimate of drug-likeness (QED) is 0.945. The van der Waals surface area contributed by atoms with Crippen molar-refractivity contribution in [2.24, 2.45) is 5.73 Å². The van der Waals surface area contributed by atoms with E-state index in [0.717, 1.165) is 9.48 Å². The topological polar surface area (TPSA) is 43.8 Å². The zero-order valence-electron chi connectivity index (χ0n) is 10.1. The predicted molar refractivity (Wildman–Crippen MR) is 75.5 cm³/mol. The van der Waals surface area contributed by atoms with Crippen molar-refractivity contribution >= 4 is 27.3 Å². The molecule has 0 aliphatic rings. The smallest absolute Gasteiger partial charge is 0.0958 e. The Hall–Kier alpha value is -0.650. The van der Waals surface area contributed by atoms with Gasteiger partial charge in [-0.1, -0.05) is 0 Å². The van der Waals surface area contributed by atoms with Crippen LogP contribution >= 0.6 is 27.3 Å². The molecule has 3 nitrogen and oxygen atoms in total. The fourth-order valence-corrected chi connectivity index (χ4v) is 3.57. The van der Waals surface area contributed by atoms with Crippen LogP contribution in [0.1, 0.15) is 29.2 Å². The largest absolute Gasteiger partial charge is 0.326 e. The van der Waals surface area contributed by atoms with Gasteiger partial charge >= 0.3 is 0 Å². The molecule has 0 bridgehead atoms. The van der Waals surface area contributed by atoms with Gasteiger partial charge in [0.05, 0.1) is 21.8 Å². The Labute approximate surface area is 114 Å². The molecule has 0 spiro atoms. The van der Waals surface area contributed by atoms with Gasteiger partial charge in [-0.25, -0.2) is 4.98 Å². The zero-order chi connectivity index (χ0) is 12.6. The highest BCUT2D eigenvalue weighted by Crippen LogP contribution is 2.32. The Kier molecular flexibility index (Phi) is 3.70. The first-order valence-electron chi connectivity index (χ1n) is 5.51. The first kappa shape index (κ1) is 12.8. The maximum absolute atomic E-state index is 6.13. The zero-order valence-corrected chi connectivity index (χ0v) is 12.5. The van der Waals surface area contributed by atoms with E-state index in [0.29, 0.717) is 0 Å². The average molecular weight is 314 g/mol. The Morgan fingerprint density at radius 3 is 2.53 bits per heavy atom. The molecule has 0 aliphatic heterocycles. The number of aryl methyl sites for hydroxylation is 1. The van der Waals surface area contributed by atoms with Crippen molar-refractivity contribution in [1.29, 1.82) is 0 Å². The lowest BCUT2D eigenvalue weighted by atomic mass is 10.1. The van der Waals surface area contributed by atoms with Crippen molar-refractivity contribution in [1.82, 2.24) is 9.55 Å². The maximum Gasteiger partial charge on any atom is 0.0958 e.